The molecule has 0 aliphatic heterocycles. The fourth-order valence-corrected chi connectivity index (χ4v) is 2.03. The number of nitrogens with zero attached hydrogens (tertiary/aromatic N) is 1. The van der Waals surface area contributed by atoms with Crippen LogP contribution in [0.5, 0.6) is 0 Å². The van der Waals surface area contributed by atoms with Crippen LogP contribution in [0.2, 0.25) is 0 Å². The highest BCUT2D eigenvalue weighted by molar-refractivity contribution is 6.12. The summed E-state index contributed by atoms with van der Waals surface area (Å²) in [5, 5.41) is 9.93. The molecule has 3 heteroatoms. The van der Waals surface area contributed by atoms with Crippen molar-refractivity contribution in [1.82, 2.24) is 4.98 Å². The Kier molecular flexibility index (Phi) is 1.69. The van der Waals surface area contributed by atoms with Crippen LogP contribution >= 0.6 is 0 Å². The van der Waals surface area contributed by atoms with Crippen molar-refractivity contribution >= 4 is 16.7 Å². The third-order valence-corrected chi connectivity index (χ3v) is 3.23. The summed E-state index contributed by atoms with van der Waals surface area (Å²) in [6, 6.07) is 9.80. The van der Waals surface area contributed by atoms with Gasteiger partial charge in [0.25, 0.3) is 0 Å². The van der Waals surface area contributed by atoms with Crippen LogP contribution in [0.1, 0.15) is 23.2 Å². The van der Waals surface area contributed by atoms with Crippen LogP contribution in [-0.2, 0) is 0 Å². The molecule has 1 saturated carbocycles. The zero-order chi connectivity index (χ0) is 11.2. The van der Waals surface area contributed by atoms with Gasteiger partial charge >= 0.3 is 0 Å². The first-order valence-corrected chi connectivity index (χ1v) is 5.29. The summed E-state index contributed by atoms with van der Waals surface area (Å²) in [5.41, 5.74) is 0.861. The van der Waals surface area contributed by atoms with Gasteiger partial charge in [0.15, 0.2) is 5.78 Å². The van der Waals surface area contributed by atoms with E-state index in [1.807, 2.05) is 24.3 Å². The Bertz CT molecular complexity index is 614. The third kappa shape index (κ3) is 1.10. The lowest BCUT2D eigenvalue weighted by Crippen LogP contribution is -2.13. The van der Waals surface area contributed by atoms with E-state index >= 15 is 0 Å². The number of fused-ring (bicyclic) bond motifs is 1. The maximum atomic E-state index is 12.2. The van der Waals surface area contributed by atoms with Gasteiger partial charge in [0.1, 0.15) is 5.41 Å². The number of benzene rings is 1. The predicted molar refractivity (Wildman–Crippen MR) is 59.9 cm³/mol. The van der Waals surface area contributed by atoms with E-state index in [1.165, 1.54) is 0 Å². The Balaban J connectivity index is 2.14. The minimum absolute atomic E-state index is 0.0348. The van der Waals surface area contributed by atoms with E-state index in [1.54, 1.807) is 6.20 Å². The van der Waals surface area contributed by atoms with Crippen molar-refractivity contribution in [2.24, 2.45) is 5.41 Å². The maximum absolute atomic E-state index is 12.2. The van der Waals surface area contributed by atoms with Crippen molar-refractivity contribution in [2.45, 2.75) is 12.8 Å². The quantitative estimate of drug-likeness (QED) is 0.774. The van der Waals surface area contributed by atoms with Crippen molar-refractivity contribution in [1.29, 1.82) is 5.26 Å². The zero-order valence-corrected chi connectivity index (χ0v) is 8.66. The molecule has 0 amide bonds. The number of hydrogen-bond donors (Lipinski definition) is 1. The number of rotatable bonds is 2. The van der Waals surface area contributed by atoms with Crippen LogP contribution in [0.3, 0.4) is 0 Å². The fourth-order valence-electron chi connectivity index (χ4n) is 2.03. The molecule has 0 bridgehead atoms. The summed E-state index contributed by atoms with van der Waals surface area (Å²) in [4.78, 5) is 15.3. The molecule has 0 radical (unpaired) electrons. The zero-order valence-electron chi connectivity index (χ0n) is 8.66. The molecule has 0 spiro atoms. The largest absolute Gasteiger partial charge is 0.360 e. The second kappa shape index (κ2) is 2.96. The maximum Gasteiger partial charge on any atom is 0.185 e. The van der Waals surface area contributed by atoms with E-state index in [0.29, 0.717) is 18.4 Å². The Labute approximate surface area is 92.7 Å². The summed E-state index contributed by atoms with van der Waals surface area (Å²) in [6.45, 7) is 0. The molecular weight excluding hydrogens is 200 g/mol. The molecule has 1 aromatic carbocycles. The summed E-state index contributed by atoms with van der Waals surface area (Å²) in [5.74, 6) is -0.0348. The number of para-hydroxylation sites is 1. The van der Waals surface area contributed by atoms with Crippen LogP contribution in [-0.4, -0.2) is 10.8 Å². The van der Waals surface area contributed by atoms with E-state index < -0.39 is 5.41 Å². The fraction of sp³-hybridized carbons (Fsp3) is 0.231. The van der Waals surface area contributed by atoms with Gasteiger partial charge in [-0.3, -0.25) is 4.79 Å². The molecule has 0 unspecified atom stereocenters. The highest BCUT2D eigenvalue weighted by Gasteiger charge is 2.51. The van der Waals surface area contributed by atoms with Gasteiger partial charge < -0.3 is 4.98 Å². The minimum atomic E-state index is -0.731. The average molecular weight is 210 g/mol. The molecule has 16 heavy (non-hydrogen) atoms. The molecule has 1 aliphatic carbocycles. The van der Waals surface area contributed by atoms with E-state index in [9.17, 15) is 4.79 Å². The van der Waals surface area contributed by atoms with Crippen molar-refractivity contribution in [3.05, 3.63) is 36.0 Å². The molecule has 3 nitrogen and oxygen atoms in total. The number of aromatic amines is 1. The topological polar surface area (TPSA) is 56.6 Å². The lowest BCUT2D eigenvalue weighted by atomic mass is 9.96. The standard InChI is InChI=1S/C13H10N2O/c14-8-13(5-6-13)12(16)10-7-15-11-4-2-1-3-9(10)11/h1-4,7,15H,5-6H2. The van der Waals surface area contributed by atoms with Gasteiger partial charge in [-0.25, -0.2) is 0 Å². The van der Waals surface area contributed by atoms with E-state index in [4.69, 9.17) is 5.26 Å². The first kappa shape index (κ1) is 9.17. The Morgan fingerprint density at radius 1 is 1.38 bits per heavy atom. The van der Waals surface area contributed by atoms with E-state index in [-0.39, 0.29) is 5.78 Å². The van der Waals surface area contributed by atoms with Crippen molar-refractivity contribution in [3.63, 3.8) is 0 Å². The number of nitriles is 1. The smallest absolute Gasteiger partial charge is 0.185 e. The number of ketones is 1. The molecular formula is C13H10N2O. The van der Waals surface area contributed by atoms with Gasteiger partial charge in [-0.2, -0.15) is 5.26 Å². The van der Waals surface area contributed by atoms with Crippen LogP contribution in [0.15, 0.2) is 30.5 Å². The van der Waals surface area contributed by atoms with E-state index in [0.717, 1.165) is 10.9 Å². The average Bonchev–Trinajstić information content (AvgIpc) is 3.02. The molecule has 1 fully saturated rings. The van der Waals surface area contributed by atoms with Gasteiger partial charge in [-0.15, -0.1) is 0 Å². The van der Waals surface area contributed by atoms with Gasteiger partial charge in [0, 0.05) is 22.7 Å². The molecule has 1 aromatic heterocycles. The van der Waals surface area contributed by atoms with Gasteiger partial charge in [-0.05, 0) is 18.9 Å². The van der Waals surface area contributed by atoms with Gasteiger partial charge in [-0.1, -0.05) is 18.2 Å². The number of H-pyrrole nitrogens is 1. The summed E-state index contributed by atoms with van der Waals surface area (Å²) < 4.78 is 0. The Hall–Kier alpha value is -2.08. The van der Waals surface area contributed by atoms with Crippen molar-refractivity contribution in [3.8, 4) is 6.07 Å². The Morgan fingerprint density at radius 3 is 2.81 bits per heavy atom. The normalized spacial score (nSPS) is 16.9. The SMILES string of the molecule is N#CC1(C(=O)c2c[nH]c3ccccc23)CC1. The number of carbonyl (C=O) groups is 1. The molecule has 2 aromatic rings. The van der Waals surface area contributed by atoms with Crippen LogP contribution in [0, 0.1) is 16.7 Å². The number of aromatic nitrogens is 1. The molecule has 78 valence electrons. The summed E-state index contributed by atoms with van der Waals surface area (Å²) >= 11 is 0. The van der Waals surface area contributed by atoms with Crippen molar-refractivity contribution in [2.75, 3.05) is 0 Å². The van der Waals surface area contributed by atoms with Gasteiger partial charge in [0.2, 0.25) is 0 Å². The molecule has 0 saturated heterocycles. The highest BCUT2D eigenvalue weighted by atomic mass is 16.1. The Morgan fingerprint density at radius 2 is 2.12 bits per heavy atom. The third-order valence-electron chi connectivity index (χ3n) is 3.23. The summed E-state index contributed by atoms with van der Waals surface area (Å²) in [6.07, 6.45) is 3.11. The molecule has 0 atom stereocenters. The van der Waals surface area contributed by atoms with Crippen LogP contribution in [0.4, 0.5) is 0 Å². The molecule has 1 heterocycles. The lowest BCUT2D eigenvalue weighted by molar-refractivity contribution is 0.0936. The lowest BCUT2D eigenvalue weighted by Gasteiger charge is -2.02. The first-order valence-electron chi connectivity index (χ1n) is 5.29. The van der Waals surface area contributed by atoms with Crippen molar-refractivity contribution < 1.29 is 4.79 Å². The van der Waals surface area contributed by atoms with Crippen LogP contribution in [0.25, 0.3) is 10.9 Å². The monoisotopic (exact) mass is 210 g/mol. The second-order valence-electron chi connectivity index (χ2n) is 4.27. The highest BCUT2D eigenvalue weighted by Crippen LogP contribution is 2.48. The molecule has 1 N–H and O–H groups in total. The minimum Gasteiger partial charge on any atom is -0.360 e. The number of carbonyl (C=O) groups excluding carboxylic acids is 1. The summed E-state index contributed by atoms with van der Waals surface area (Å²) in [7, 11) is 0. The van der Waals surface area contributed by atoms with E-state index in [2.05, 4.69) is 11.1 Å². The molecule has 1 aliphatic rings. The van der Waals surface area contributed by atoms with Gasteiger partial charge in [0.05, 0.1) is 6.07 Å². The second-order valence-corrected chi connectivity index (χ2v) is 4.27. The number of Topliss-reactive ketones (excluding diaryl/α,β-unsaturated/α-hetero) is 1. The molecule has 3 rings (SSSR count). The number of nitrogens with one attached hydrogen (secondary N) is 1. The predicted octanol–water partition coefficient (Wildman–Crippen LogP) is 2.65. The first-order chi connectivity index (χ1) is 7.77. The number of hydrogen-bond acceptors (Lipinski definition) is 2. The van der Waals surface area contributed by atoms with Crippen LogP contribution < -0.4 is 0 Å².